The highest BCUT2D eigenvalue weighted by atomic mass is 32.2. The SMILES string of the molecule is COc1ccc(SC=CC(C)O[Si](C)(C)C(C)(C)C)cc1. The quantitative estimate of drug-likeness (QED) is 0.493. The van der Waals surface area contributed by atoms with Gasteiger partial charge in [0, 0.05) is 4.90 Å². The molecule has 0 amide bonds. The molecule has 0 radical (unpaired) electrons. The number of thioether (sulfide) groups is 1. The fourth-order valence-electron chi connectivity index (χ4n) is 1.56. The van der Waals surface area contributed by atoms with Crippen LogP contribution in [0.1, 0.15) is 27.7 Å². The second-order valence-electron chi connectivity index (χ2n) is 6.71. The van der Waals surface area contributed by atoms with Crippen molar-refractivity contribution in [1.82, 2.24) is 0 Å². The standard InChI is InChI=1S/C17H28O2SSi/c1-14(19-21(6,7)17(2,3)4)12-13-20-16-10-8-15(18-5)9-11-16/h8-14H,1-7H3. The molecule has 4 heteroatoms. The summed E-state index contributed by atoms with van der Waals surface area (Å²) in [6.45, 7) is 13.5. The van der Waals surface area contributed by atoms with Crippen molar-refractivity contribution in [2.45, 2.75) is 56.8 Å². The Bertz CT molecular complexity index is 461. The predicted octanol–water partition coefficient (Wildman–Crippen LogP) is 5.71. The van der Waals surface area contributed by atoms with Gasteiger partial charge < -0.3 is 9.16 Å². The lowest BCUT2D eigenvalue weighted by molar-refractivity contribution is 0.243. The lowest BCUT2D eigenvalue weighted by atomic mass is 10.2. The molecular formula is C17H28O2SSi. The second kappa shape index (κ2) is 7.52. The molecule has 0 spiro atoms. The molecule has 118 valence electrons. The molecule has 1 rings (SSSR count). The van der Waals surface area contributed by atoms with Crippen molar-refractivity contribution in [2.24, 2.45) is 0 Å². The van der Waals surface area contributed by atoms with Gasteiger partial charge in [-0.25, -0.2) is 0 Å². The maximum Gasteiger partial charge on any atom is 0.192 e. The van der Waals surface area contributed by atoms with E-state index in [1.165, 1.54) is 4.90 Å². The highest BCUT2D eigenvalue weighted by Gasteiger charge is 2.37. The molecule has 0 aromatic heterocycles. The molecule has 0 aliphatic rings. The summed E-state index contributed by atoms with van der Waals surface area (Å²) in [5, 5.41) is 2.36. The molecule has 1 unspecified atom stereocenters. The summed E-state index contributed by atoms with van der Waals surface area (Å²) in [6.07, 6.45) is 2.28. The Morgan fingerprint density at radius 1 is 1.14 bits per heavy atom. The molecule has 0 fully saturated rings. The van der Waals surface area contributed by atoms with Crippen LogP contribution >= 0.6 is 11.8 Å². The average Bonchev–Trinajstić information content (AvgIpc) is 2.37. The Kier molecular flexibility index (Phi) is 6.57. The first-order valence-electron chi connectivity index (χ1n) is 7.31. The van der Waals surface area contributed by atoms with Crippen LogP contribution in [-0.2, 0) is 4.43 Å². The summed E-state index contributed by atoms with van der Waals surface area (Å²) < 4.78 is 11.5. The van der Waals surface area contributed by atoms with E-state index < -0.39 is 8.32 Å². The monoisotopic (exact) mass is 324 g/mol. The maximum atomic E-state index is 6.30. The predicted molar refractivity (Wildman–Crippen MR) is 95.7 cm³/mol. The summed E-state index contributed by atoms with van der Waals surface area (Å²) in [5.41, 5.74) is 0. The highest BCUT2D eigenvalue weighted by molar-refractivity contribution is 8.02. The molecule has 0 saturated heterocycles. The molecule has 1 atom stereocenters. The third kappa shape index (κ3) is 5.89. The van der Waals surface area contributed by atoms with E-state index in [4.69, 9.17) is 9.16 Å². The number of rotatable bonds is 6. The molecule has 1 aromatic rings. The van der Waals surface area contributed by atoms with Crippen LogP contribution in [0.5, 0.6) is 5.75 Å². The minimum atomic E-state index is -1.69. The van der Waals surface area contributed by atoms with Gasteiger partial charge in [0.2, 0.25) is 0 Å². The highest BCUT2D eigenvalue weighted by Crippen LogP contribution is 2.37. The maximum absolute atomic E-state index is 6.30. The average molecular weight is 325 g/mol. The molecule has 2 nitrogen and oxygen atoms in total. The van der Waals surface area contributed by atoms with Gasteiger partial charge in [0.25, 0.3) is 0 Å². The van der Waals surface area contributed by atoms with E-state index in [9.17, 15) is 0 Å². The normalized spacial score (nSPS) is 14.4. The van der Waals surface area contributed by atoms with Crippen molar-refractivity contribution in [3.05, 3.63) is 35.7 Å². The molecule has 0 bridgehead atoms. The molecule has 0 aliphatic carbocycles. The molecule has 21 heavy (non-hydrogen) atoms. The molecule has 0 N–H and O–H groups in total. The zero-order valence-corrected chi connectivity index (χ0v) is 16.1. The summed E-state index contributed by atoms with van der Waals surface area (Å²) in [4.78, 5) is 1.20. The first kappa shape index (κ1) is 18.3. The van der Waals surface area contributed by atoms with Crippen molar-refractivity contribution >= 4 is 20.1 Å². The van der Waals surface area contributed by atoms with Crippen molar-refractivity contribution in [1.29, 1.82) is 0 Å². The Morgan fingerprint density at radius 3 is 2.19 bits per heavy atom. The van der Waals surface area contributed by atoms with Crippen LogP contribution in [0.15, 0.2) is 40.6 Å². The summed E-state index contributed by atoms with van der Waals surface area (Å²) in [7, 11) is -0.00422. The van der Waals surface area contributed by atoms with E-state index in [-0.39, 0.29) is 11.1 Å². The van der Waals surface area contributed by atoms with Crippen LogP contribution < -0.4 is 4.74 Å². The fraction of sp³-hybridized carbons (Fsp3) is 0.529. The van der Waals surface area contributed by atoms with Crippen LogP contribution in [0.4, 0.5) is 0 Å². The van der Waals surface area contributed by atoms with Gasteiger partial charge in [0.15, 0.2) is 8.32 Å². The molecule has 0 saturated carbocycles. The Morgan fingerprint density at radius 2 is 1.71 bits per heavy atom. The van der Waals surface area contributed by atoms with Gasteiger partial charge in [0.1, 0.15) is 5.75 Å². The number of hydrogen-bond acceptors (Lipinski definition) is 3. The van der Waals surface area contributed by atoms with Gasteiger partial charge >= 0.3 is 0 Å². The lowest BCUT2D eigenvalue weighted by Crippen LogP contribution is -2.42. The van der Waals surface area contributed by atoms with Gasteiger partial charge in [0.05, 0.1) is 13.2 Å². The largest absolute Gasteiger partial charge is 0.497 e. The van der Waals surface area contributed by atoms with E-state index >= 15 is 0 Å². The van der Waals surface area contributed by atoms with Crippen LogP contribution in [0, 0.1) is 0 Å². The summed E-state index contributed by atoms with van der Waals surface area (Å²) in [5.74, 6) is 0.887. The smallest absolute Gasteiger partial charge is 0.192 e. The summed E-state index contributed by atoms with van der Waals surface area (Å²) in [6, 6.07) is 8.08. The Hall–Kier alpha value is -0.713. The minimum absolute atomic E-state index is 0.150. The van der Waals surface area contributed by atoms with E-state index in [1.807, 2.05) is 12.1 Å². The molecular weight excluding hydrogens is 296 g/mol. The van der Waals surface area contributed by atoms with Gasteiger partial charge in [-0.1, -0.05) is 38.6 Å². The molecule has 0 heterocycles. The fourth-order valence-corrected chi connectivity index (χ4v) is 3.68. The van der Waals surface area contributed by atoms with E-state index in [0.717, 1.165) is 5.75 Å². The first-order chi connectivity index (χ1) is 9.65. The van der Waals surface area contributed by atoms with Crippen molar-refractivity contribution in [3.63, 3.8) is 0 Å². The van der Waals surface area contributed by atoms with Gasteiger partial charge in [-0.05, 0) is 54.7 Å². The summed E-state index contributed by atoms with van der Waals surface area (Å²) >= 11 is 1.70. The lowest BCUT2D eigenvalue weighted by Gasteiger charge is -2.37. The van der Waals surface area contributed by atoms with Crippen LogP contribution in [0.25, 0.3) is 0 Å². The molecule has 0 aliphatic heterocycles. The minimum Gasteiger partial charge on any atom is -0.497 e. The number of benzene rings is 1. The van der Waals surface area contributed by atoms with Crippen LogP contribution in [0.3, 0.4) is 0 Å². The Labute approximate surface area is 135 Å². The third-order valence-electron chi connectivity index (χ3n) is 3.90. The number of hydrogen-bond donors (Lipinski definition) is 0. The zero-order valence-electron chi connectivity index (χ0n) is 14.3. The van der Waals surface area contributed by atoms with Crippen LogP contribution in [0.2, 0.25) is 18.1 Å². The number of ether oxygens (including phenoxy) is 1. The topological polar surface area (TPSA) is 18.5 Å². The third-order valence-corrected chi connectivity index (χ3v) is 9.31. The van der Waals surface area contributed by atoms with Crippen molar-refractivity contribution in [3.8, 4) is 5.75 Å². The van der Waals surface area contributed by atoms with Gasteiger partial charge in [-0.2, -0.15) is 0 Å². The Balaban J connectivity index is 2.52. The van der Waals surface area contributed by atoms with Gasteiger partial charge in [-0.3, -0.25) is 0 Å². The van der Waals surface area contributed by atoms with Crippen LogP contribution in [-0.4, -0.2) is 21.5 Å². The van der Waals surface area contributed by atoms with Crippen molar-refractivity contribution in [2.75, 3.05) is 7.11 Å². The van der Waals surface area contributed by atoms with Gasteiger partial charge in [-0.15, -0.1) is 0 Å². The van der Waals surface area contributed by atoms with E-state index in [0.29, 0.717) is 0 Å². The zero-order chi connectivity index (χ0) is 16.1. The molecule has 1 aromatic carbocycles. The van der Waals surface area contributed by atoms with Crippen molar-refractivity contribution < 1.29 is 9.16 Å². The number of methoxy groups -OCH3 is 1. The van der Waals surface area contributed by atoms with E-state index in [2.05, 4.69) is 64.4 Å². The van der Waals surface area contributed by atoms with E-state index in [1.54, 1.807) is 18.9 Å². The first-order valence-corrected chi connectivity index (χ1v) is 11.1. The second-order valence-corrected chi connectivity index (χ2v) is 12.4.